The number of benzene rings is 1. The van der Waals surface area contributed by atoms with Crippen LogP contribution in [0.5, 0.6) is 0 Å². The van der Waals surface area contributed by atoms with E-state index in [0.717, 1.165) is 5.69 Å². The summed E-state index contributed by atoms with van der Waals surface area (Å²) in [6.07, 6.45) is 1.07. The molecule has 2 N–H and O–H groups in total. The summed E-state index contributed by atoms with van der Waals surface area (Å²) in [7, 11) is 3.32. The molecule has 0 unspecified atom stereocenters. The zero-order chi connectivity index (χ0) is 23.9. The number of likely N-dealkylation sites (tertiary alicyclic amines) is 1. The van der Waals surface area contributed by atoms with Gasteiger partial charge in [-0.25, -0.2) is 14.1 Å². The highest BCUT2D eigenvalue weighted by Gasteiger charge is 2.29. The molecular weight excluding hydrogens is 424 g/mol. The van der Waals surface area contributed by atoms with Gasteiger partial charge in [0.25, 0.3) is 5.56 Å². The van der Waals surface area contributed by atoms with Crippen molar-refractivity contribution in [2.75, 3.05) is 32.5 Å². The van der Waals surface area contributed by atoms with Gasteiger partial charge in [0.2, 0.25) is 0 Å². The molecule has 10 nitrogen and oxygen atoms in total. The van der Waals surface area contributed by atoms with Crippen LogP contribution in [0.2, 0.25) is 0 Å². The summed E-state index contributed by atoms with van der Waals surface area (Å²) in [6.45, 7) is 6.63. The van der Waals surface area contributed by atoms with E-state index in [9.17, 15) is 14.4 Å². The van der Waals surface area contributed by atoms with E-state index < -0.39 is 5.60 Å². The van der Waals surface area contributed by atoms with Crippen molar-refractivity contribution >= 4 is 34.4 Å². The first-order valence-corrected chi connectivity index (χ1v) is 11.0. The zero-order valence-corrected chi connectivity index (χ0v) is 19.6. The van der Waals surface area contributed by atoms with Gasteiger partial charge in [0.05, 0.1) is 22.3 Å². The molecule has 3 amide bonds. The molecule has 10 heteroatoms. The van der Waals surface area contributed by atoms with Crippen molar-refractivity contribution < 1.29 is 14.3 Å². The van der Waals surface area contributed by atoms with Crippen LogP contribution in [0.1, 0.15) is 45.2 Å². The summed E-state index contributed by atoms with van der Waals surface area (Å²) in [5.41, 5.74) is 1.80. The molecule has 1 aromatic carbocycles. The van der Waals surface area contributed by atoms with Crippen LogP contribution in [0.4, 0.5) is 15.3 Å². The maximum absolute atomic E-state index is 12.6. The van der Waals surface area contributed by atoms with Gasteiger partial charge in [-0.05, 0) is 45.7 Å². The number of aromatic amines is 1. The van der Waals surface area contributed by atoms with Crippen molar-refractivity contribution in [3.8, 4) is 0 Å². The number of carbonyl (C=O) groups is 2. The molecule has 0 atom stereocenters. The second-order valence-electron chi connectivity index (χ2n) is 9.58. The number of ether oxygens (including phenoxy) is 1. The van der Waals surface area contributed by atoms with E-state index in [0.29, 0.717) is 48.2 Å². The summed E-state index contributed by atoms with van der Waals surface area (Å²) < 4.78 is 7.24. The van der Waals surface area contributed by atoms with Gasteiger partial charge in [0.15, 0.2) is 0 Å². The first kappa shape index (κ1) is 22.6. The molecule has 33 heavy (non-hydrogen) atoms. The van der Waals surface area contributed by atoms with E-state index in [2.05, 4.69) is 10.3 Å². The monoisotopic (exact) mass is 454 g/mol. The number of piperidine rings is 1. The standard InChI is InChI=1S/C23H30N6O4/c1-23(2,3)33-22(32)28-11-9-14(10-12-28)17-13-18(30)25-20-19-15(24-21(31)27(4)5)7-6-8-16(19)26-29(17)20/h6-8,13-14H,9-12H2,1-5H3,(H,24,31)(H,25,30). The first-order valence-electron chi connectivity index (χ1n) is 11.0. The summed E-state index contributed by atoms with van der Waals surface area (Å²) in [4.78, 5) is 43.3. The molecule has 1 aliphatic rings. The third-order valence-electron chi connectivity index (χ3n) is 5.68. The number of anilines is 1. The number of rotatable bonds is 2. The number of nitrogens with zero attached hydrogens (tertiary/aromatic N) is 4. The van der Waals surface area contributed by atoms with Crippen LogP contribution in [-0.2, 0) is 4.74 Å². The Kier molecular flexibility index (Phi) is 5.77. The van der Waals surface area contributed by atoms with E-state index >= 15 is 0 Å². The quantitative estimate of drug-likeness (QED) is 0.616. The van der Waals surface area contributed by atoms with Crippen molar-refractivity contribution in [3.63, 3.8) is 0 Å². The molecule has 0 spiro atoms. The SMILES string of the molecule is CN(C)C(=O)Nc1cccc2nn3c(C4CCN(C(=O)OC(C)(C)C)CC4)cc(=O)[nH]c3c12. The van der Waals surface area contributed by atoms with Crippen LogP contribution < -0.4 is 10.9 Å². The van der Waals surface area contributed by atoms with Gasteiger partial charge >= 0.3 is 12.1 Å². The van der Waals surface area contributed by atoms with Gasteiger partial charge in [-0.1, -0.05) is 6.07 Å². The largest absolute Gasteiger partial charge is 0.444 e. The van der Waals surface area contributed by atoms with E-state index in [1.54, 1.807) is 35.6 Å². The van der Waals surface area contributed by atoms with Crippen molar-refractivity contribution in [1.29, 1.82) is 0 Å². The van der Waals surface area contributed by atoms with Crippen LogP contribution in [0, 0.1) is 0 Å². The third-order valence-corrected chi connectivity index (χ3v) is 5.68. The number of hydrogen-bond donors (Lipinski definition) is 2. The fraction of sp³-hybridized carbons (Fsp3) is 0.478. The first-order chi connectivity index (χ1) is 15.5. The fourth-order valence-corrected chi connectivity index (χ4v) is 4.09. The minimum atomic E-state index is -0.540. The molecule has 3 heterocycles. The van der Waals surface area contributed by atoms with Gasteiger partial charge in [0.1, 0.15) is 11.2 Å². The second-order valence-corrected chi connectivity index (χ2v) is 9.58. The minimum Gasteiger partial charge on any atom is -0.444 e. The Morgan fingerprint density at radius 3 is 2.55 bits per heavy atom. The second kappa shape index (κ2) is 8.42. The molecule has 0 aliphatic carbocycles. The molecule has 1 aliphatic heterocycles. The van der Waals surface area contributed by atoms with Crippen LogP contribution in [0.25, 0.3) is 16.6 Å². The molecule has 3 aromatic rings. The number of amides is 3. The number of H-pyrrole nitrogens is 1. The normalized spacial score (nSPS) is 15.1. The number of hydrogen-bond acceptors (Lipinski definition) is 5. The van der Waals surface area contributed by atoms with Crippen LogP contribution in [0.15, 0.2) is 29.1 Å². The lowest BCUT2D eigenvalue weighted by Crippen LogP contribution is -2.41. The predicted molar refractivity (Wildman–Crippen MR) is 126 cm³/mol. The Labute approximate surface area is 191 Å². The molecule has 0 radical (unpaired) electrons. The van der Waals surface area contributed by atoms with Crippen LogP contribution in [0.3, 0.4) is 0 Å². The lowest BCUT2D eigenvalue weighted by molar-refractivity contribution is 0.0203. The van der Waals surface area contributed by atoms with Crippen LogP contribution >= 0.6 is 0 Å². The van der Waals surface area contributed by atoms with Crippen molar-refractivity contribution in [3.05, 3.63) is 40.3 Å². The number of urea groups is 1. The van der Waals surface area contributed by atoms with E-state index in [1.807, 2.05) is 32.9 Å². The van der Waals surface area contributed by atoms with E-state index in [4.69, 9.17) is 9.84 Å². The summed E-state index contributed by atoms with van der Waals surface area (Å²) in [5, 5.41) is 8.27. The highest BCUT2D eigenvalue weighted by atomic mass is 16.6. The maximum Gasteiger partial charge on any atom is 0.410 e. The highest BCUT2D eigenvalue weighted by Crippen LogP contribution is 2.32. The average molecular weight is 455 g/mol. The molecule has 2 aromatic heterocycles. The van der Waals surface area contributed by atoms with Gasteiger partial charge < -0.3 is 24.8 Å². The Morgan fingerprint density at radius 1 is 1.21 bits per heavy atom. The van der Waals surface area contributed by atoms with Gasteiger partial charge in [0, 0.05) is 39.2 Å². The Balaban J connectivity index is 1.67. The fourth-order valence-electron chi connectivity index (χ4n) is 4.09. The maximum atomic E-state index is 12.6. The number of fused-ring (bicyclic) bond motifs is 3. The average Bonchev–Trinajstić information content (AvgIpc) is 3.11. The number of nitrogens with one attached hydrogen (secondary N) is 2. The van der Waals surface area contributed by atoms with Gasteiger partial charge in [-0.3, -0.25) is 4.79 Å². The predicted octanol–water partition coefficient (Wildman–Crippen LogP) is 3.38. The molecule has 1 saturated heterocycles. The lowest BCUT2D eigenvalue weighted by Gasteiger charge is -2.33. The summed E-state index contributed by atoms with van der Waals surface area (Å²) in [6, 6.07) is 6.76. The summed E-state index contributed by atoms with van der Waals surface area (Å²) >= 11 is 0. The molecule has 0 bridgehead atoms. The topological polar surface area (TPSA) is 112 Å². The number of carbonyl (C=O) groups excluding carboxylic acids is 2. The van der Waals surface area contributed by atoms with Crippen molar-refractivity contribution in [2.45, 2.75) is 45.1 Å². The van der Waals surface area contributed by atoms with Gasteiger partial charge in [-0.2, -0.15) is 5.10 Å². The van der Waals surface area contributed by atoms with Gasteiger partial charge in [-0.15, -0.1) is 0 Å². The molecule has 176 valence electrons. The summed E-state index contributed by atoms with van der Waals surface area (Å²) in [5.74, 6) is 0.0580. The molecule has 1 fully saturated rings. The van der Waals surface area contributed by atoms with E-state index in [1.165, 1.54) is 4.90 Å². The minimum absolute atomic E-state index is 0.0580. The molecular formula is C23H30N6O4. The Bertz CT molecular complexity index is 1260. The van der Waals surface area contributed by atoms with Crippen LogP contribution in [-0.4, -0.2) is 69.3 Å². The zero-order valence-electron chi connectivity index (χ0n) is 19.6. The van der Waals surface area contributed by atoms with Crippen molar-refractivity contribution in [2.24, 2.45) is 0 Å². The Morgan fingerprint density at radius 2 is 1.91 bits per heavy atom. The highest BCUT2D eigenvalue weighted by molar-refractivity contribution is 6.06. The van der Waals surface area contributed by atoms with E-state index in [-0.39, 0.29) is 23.6 Å². The Hall–Kier alpha value is -3.56. The third kappa shape index (κ3) is 4.64. The van der Waals surface area contributed by atoms with Crippen molar-refractivity contribution in [1.82, 2.24) is 24.4 Å². The number of aromatic nitrogens is 3. The smallest absolute Gasteiger partial charge is 0.410 e. The molecule has 0 saturated carbocycles. The lowest BCUT2D eigenvalue weighted by atomic mass is 9.93. The molecule has 4 rings (SSSR count).